The maximum atomic E-state index is 13.7. The van der Waals surface area contributed by atoms with Crippen LogP contribution in [-0.4, -0.2) is 108 Å². The van der Waals surface area contributed by atoms with Crippen LogP contribution < -0.4 is 0 Å². The molecule has 0 amide bonds. The molecule has 9 aliphatic rings. The summed E-state index contributed by atoms with van der Waals surface area (Å²) in [5.74, 6) is -2.01. The van der Waals surface area contributed by atoms with E-state index in [-0.39, 0.29) is 43.5 Å². The zero-order chi connectivity index (χ0) is 28.2. The van der Waals surface area contributed by atoms with Crippen LogP contribution in [0.15, 0.2) is 24.3 Å². The monoisotopic (exact) mass is 572 g/mol. The van der Waals surface area contributed by atoms with Crippen molar-refractivity contribution in [2.45, 2.75) is 105 Å². The van der Waals surface area contributed by atoms with Gasteiger partial charge in [0.1, 0.15) is 30.0 Å². The van der Waals surface area contributed by atoms with Gasteiger partial charge in [-0.15, -0.1) is 0 Å². The molecule has 9 rings (SSSR count). The Kier molecular flexibility index (Phi) is 4.55. The molecule has 4 bridgehead atoms. The first-order valence-electron chi connectivity index (χ1n) is 14.5. The number of allylic oxidation sites excluding steroid dienone is 2. The van der Waals surface area contributed by atoms with E-state index < -0.39 is 70.0 Å². The van der Waals surface area contributed by atoms with Gasteiger partial charge in [-0.2, -0.15) is 0 Å². The lowest BCUT2D eigenvalue weighted by Crippen LogP contribution is -2.69. The van der Waals surface area contributed by atoms with Crippen molar-refractivity contribution in [1.82, 2.24) is 0 Å². The molecule has 41 heavy (non-hydrogen) atoms. The third kappa shape index (κ3) is 2.76. The third-order valence-corrected chi connectivity index (χ3v) is 12.1. The van der Waals surface area contributed by atoms with E-state index in [1.54, 1.807) is 0 Å². The minimum absolute atomic E-state index is 0.00474. The number of rotatable bonds is 0. The van der Waals surface area contributed by atoms with E-state index in [2.05, 4.69) is 13.8 Å². The zero-order valence-corrected chi connectivity index (χ0v) is 22.7. The van der Waals surface area contributed by atoms with Crippen LogP contribution in [0.1, 0.15) is 39.5 Å². The maximum Gasteiger partial charge on any atom is 0.339 e. The van der Waals surface area contributed by atoms with E-state index in [9.17, 15) is 19.5 Å². The number of carbonyl (C=O) groups excluding carboxylic acids is 3. The molecule has 0 aromatic heterocycles. The molecule has 12 nitrogen and oxygen atoms in total. The Morgan fingerprint density at radius 2 is 1.73 bits per heavy atom. The zero-order valence-electron chi connectivity index (χ0n) is 22.7. The molecule has 13 atom stereocenters. The largest absolute Gasteiger partial charge is 0.463 e. The number of hydrogen-bond acceptors (Lipinski definition) is 12. The average molecular weight is 573 g/mol. The molecule has 3 spiro atoms. The van der Waals surface area contributed by atoms with Crippen LogP contribution in [-0.2, 0) is 52.3 Å². The Morgan fingerprint density at radius 1 is 0.902 bits per heavy atom. The molecular weight excluding hydrogens is 540 g/mol. The molecule has 0 aromatic carbocycles. The summed E-state index contributed by atoms with van der Waals surface area (Å²) in [5, 5.41) is 10.8. The van der Waals surface area contributed by atoms with Crippen LogP contribution >= 0.6 is 0 Å². The van der Waals surface area contributed by atoms with E-state index in [0.717, 1.165) is 6.42 Å². The van der Waals surface area contributed by atoms with Gasteiger partial charge in [0, 0.05) is 24.3 Å². The Morgan fingerprint density at radius 3 is 2.54 bits per heavy atom. The standard InChI is InChI=1S/C29H32O12/c1-24-7-8-26-12-34-22(33)20-28(41-20)9-10-35-27(17(31)21(32)39-23(27)28)6-4-3-5-16(30)37-14-11-15(38-19(26)18(24)40-24)29(13-36-29)25(14,26)2/h3-6,14-15,17-20,23,31H,7-13H2,1-2H3/b5-3-,6-4+/t14-,15-,17?,18+,19-,20?,23+,24-,25-,26-,27-,28+,29?/m1/s1. The van der Waals surface area contributed by atoms with Crippen molar-refractivity contribution in [1.29, 1.82) is 0 Å². The number of aliphatic hydroxyl groups excluding tert-OH is 1. The van der Waals surface area contributed by atoms with Gasteiger partial charge in [-0.3, -0.25) is 0 Å². The lowest BCUT2D eigenvalue weighted by molar-refractivity contribution is -0.251. The summed E-state index contributed by atoms with van der Waals surface area (Å²) in [6.07, 6.45) is 2.77. The van der Waals surface area contributed by atoms with Gasteiger partial charge in [-0.05, 0) is 25.8 Å². The molecule has 12 heteroatoms. The first-order valence-corrected chi connectivity index (χ1v) is 14.5. The minimum Gasteiger partial charge on any atom is -0.463 e. The fraction of sp³-hybridized carbons (Fsp3) is 0.759. The van der Waals surface area contributed by atoms with Gasteiger partial charge >= 0.3 is 17.9 Å². The van der Waals surface area contributed by atoms with E-state index in [1.807, 2.05) is 0 Å². The third-order valence-electron chi connectivity index (χ3n) is 12.1. The number of esters is 3. The number of cyclic esters (lactones) is 1. The molecule has 6 saturated heterocycles. The van der Waals surface area contributed by atoms with Crippen molar-refractivity contribution in [2.75, 3.05) is 19.8 Å². The van der Waals surface area contributed by atoms with Crippen molar-refractivity contribution in [3.8, 4) is 0 Å². The van der Waals surface area contributed by atoms with E-state index >= 15 is 0 Å². The molecule has 0 aromatic rings. The summed E-state index contributed by atoms with van der Waals surface area (Å²) in [7, 11) is 0. The summed E-state index contributed by atoms with van der Waals surface area (Å²) >= 11 is 0. The molecule has 3 unspecified atom stereocenters. The second kappa shape index (κ2) is 7.40. The quantitative estimate of drug-likeness (QED) is 0.237. The van der Waals surface area contributed by atoms with Crippen LogP contribution in [0, 0.1) is 10.8 Å². The Balaban J connectivity index is 1.14. The van der Waals surface area contributed by atoms with E-state index in [0.29, 0.717) is 19.4 Å². The Bertz CT molecular complexity index is 1340. The summed E-state index contributed by atoms with van der Waals surface area (Å²) in [4.78, 5) is 39.4. The molecule has 220 valence electrons. The molecule has 1 N–H and O–H groups in total. The van der Waals surface area contributed by atoms with Gasteiger partial charge in [0.2, 0.25) is 0 Å². The molecular formula is C29H32O12. The molecule has 2 aliphatic carbocycles. The summed E-state index contributed by atoms with van der Waals surface area (Å²) in [6, 6.07) is 0. The number of carbonyl (C=O) groups is 3. The average Bonchev–Trinajstić information content (AvgIpc) is 3.86. The van der Waals surface area contributed by atoms with Crippen molar-refractivity contribution >= 4 is 17.9 Å². The molecule has 8 fully saturated rings. The topological polar surface area (TPSA) is 155 Å². The highest BCUT2D eigenvalue weighted by Gasteiger charge is 2.87. The Labute approximate surface area is 235 Å². The number of epoxide rings is 3. The van der Waals surface area contributed by atoms with Crippen molar-refractivity contribution < 1.29 is 57.4 Å². The number of ether oxygens (including phenoxy) is 8. The highest BCUT2D eigenvalue weighted by atomic mass is 16.7. The lowest BCUT2D eigenvalue weighted by atomic mass is 9.50. The van der Waals surface area contributed by atoms with Gasteiger partial charge in [-0.1, -0.05) is 19.1 Å². The predicted molar refractivity (Wildman–Crippen MR) is 131 cm³/mol. The van der Waals surface area contributed by atoms with Crippen molar-refractivity contribution in [3.05, 3.63) is 24.3 Å². The van der Waals surface area contributed by atoms with Gasteiger partial charge in [0.05, 0.1) is 36.4 Å². The van der Waals surface area contributed by atoms with E-state index in [1.165, 1.54) is 24.3 Å². The fourth-order valence-corrected chi connectivity index (χ4v) is 9.44. The second-order valence-electron chi connectivity index (χ2n) is 13.5. The van der Waals surface area contributed by atoms with Crippen LogP contribution in [0.5, 0.6) is 0 Å². The predicted octanol–water partition coefficient (Wildman–Crippen LogP) is 0.0345. The first-order chi connectivity index (χ1) is 19.6. The number of hydrogen-bond donors (Lipinski definition) is 1. The summed E-state index contributed by atoms with van der Waals surface area (Å²) < 4.78 is 48.8. The Hall–Kier alpha value is -2.35. The lowest BCUT2D eigenvalue weighted by Gasteiger charge is -2.58. The smallest absolute Gasteiger partial charge is 0.339 e. The highest BCUT2D eigenvalue weighted by Crippen LogP contribution is 2.75. The molecule has 0 radical (unpaired) electrons. The van der Waals surface area contributed by atoms with Crippen molar-refractivity contribution in [3.63, 3.8) is 0 Å². The van der Waals surface area contributed by atoms with Gasteiger partial charge in [0.15, 0.2) is 23.9 Å². The SMILES string of the molecule is C[C@@]12CC[C@@]34COC(=O)C5O[C@@]56CCO[C@]5(/C=C/C=C\C(=O)O[C@@H]7C[C@@H](O[C@@H]3[C@@H]1O2)C1(CO1)[C@]74C)C(O)C(=O)O[C@H]65. The number of fused-ring (bicyclic) bond motifs is 2. The van der Waals surface area contributed by atoms with Gasteiger partial charge in [-0.25, -0.2) is 14.4 Å². The van der Waals surface area contributed by atoms with Crippen LogP contribution in [0.4, 0.5) is 0 Å². The molecule has 7 aliphatic heterocycles. The van der Waals surface area contributed by atoms with Gasteiger partial charge < -0.3 is 43.0 Å². The molecule has 7 heterocycles. The molecule has 2 saturated carbocycles. The highest BCUT2D eigenvalue weighted by molar-refractivity contribution is 5.84. The minimum atomic E-state index is -1.63. The maximum absolute atomic E-state index is 13.7. The van der Waals surface area contributed by atoms with Crippen LogP contribution in [0.3, 0.4) is 0 Å². The summed E-state index contributed by atoms with van der Waals surface area (Å²) in [5.41, 5.74) is -5.19. The second-order valence-corrected chi connectivity index (χ2v) is 13.5. The van der Waals surface area contributed by atoms with Crippen molar-refractivity contribution in [2.24, 2.45) is 10.8 Å². The van der Waals surface area contributed by atoms with E-state index in [4.69, 9.17) is 37.9 Å². The normalized spacial score (nSPS) is 60.9. The van der Waals surface area contributed by atoms with Gasteiger partial charge in [0.25, 0.3) is 0 Å². The fourth-order valence-electron chi connectivity index (χ4n) is 9.44. The van der Waals surface area contributed by atoms with Crippen LogP contribution in [0.25, 0.3) is 0 Å². The summed E-state index contributed by atoms with van der Waals surface area (Å²) in [6.45, 7) is 4.74. The number of aliphatic hydroxyl groups is 1. The first kappa shape index (κ1) is 25.2. The van der Waals surface area contributed by atoms with Crippen LogP contribution in [0.2, 0.25) is 0 Å².